The van der Waals surface area contributed by atoms with Crippen LogP contribution in [0, 0.1) is 5.41 Å². The SMILES string of the molecule is COc1ccc(SCC2(CS)CCOCC2)cc1. The number of rotatable bonds is 5. The van der Waals surface area contributed by atoms with Gasteiger partial charge in [0.1, 0.15) is 5.75 Å². The van der Waals surface area contributed by atoms with Crippen LogP contribution in [0.25, 0.3) is 0 Å². The first-order valence-electron chi connectivity index (χ1n) is 6.23. The van der Waals surface area contributed by atoms with Gasteiger partial charge in [-0.3, -0.25) is 0 Å². The molecule has 1 heterocycles. The molecule has 0 aromatic heterocycles. The van der Waals surface area contributed by atoms with Crippen molar-refractivity contribution in [3.63, 3.8) is 0 Å². The van der Waals surface area contributed by atoms with E-state index in [1.165, 1.54) is 4.90 Å². The monoisotopic (exact) mass is 284 g/mol. The lowest BCUT2D eigenvalue weighted by molar-refractivity contribution is 0.0371. The van der Waals surface area contributed by atoms with Gasteiger partial charge in [-0.15, -0.1) is 11.8 Å². The fourth-order valence-corrected chi connectivity index (χ4v) is 3.83. The van der Waals surface area contributed by atoms with Crippen LogP contribution in [0.3, 0.4) is 0 Å². The predicted octanol–water partition coefficient (Wildman–Crippen LogP) is 3.51. The van der Waals surface area contributed by atoms with Gasteiger partial charge in [-0.1, -0.05) is 0 Å². The molecule has 0 amide bonds. The number of ether oxygens (including phenoxy) is 2. The molecule has 0 aliphatic carbocycles. The van der Waals surface area contributed by atoms with Gasteiger partial charge in [0.25, 0.3) is 0 Å². The van der Waals surface area contributed by atoms with Crippen molar-refractivity contribution in [2.75, 3.05) is 31.8 Å². The summed E-state index contributed by atoms with van der Waals surface area (Å²) in [6.45, 7) is 1.76. The van der Waals surface area contributed by atoms with E-state index in [2.05, 4.69) is 24.8 Å². The minimum atomic E-state index is 0.339. The maximum absolute atomic E-state index is 5.45. The summed E-state index contributed by atoms with van der Waals surface area (Å²) in [6.07, 6.45) is 2.25. The lowest BCUT2D eigenvalue weighted by atomic mass is 9.84. The molecule has 0 unspecified atom stereocenters. The van der Waals surface area contributed by atoms with Crippen LogP contribution in [-0.2, 0) is 4.74 Å². The minimum Gasteiger partial charge on any atom is -0.497 e. The van der Waals surface area contributed by atoms with E-state index in [1.54, 1.807) is 7.11 Å². The Morgan fingerprint density at radius 2 is 1.94 bits per heavy atom. The molecule has 1 saturated heterocycles. The van der Waals surface area contributed by atoms with Gasteiger partial charge in [0.15, 0.2) is 0 Å². The van der Waals surface area contributed by atoms with Gasteiger partial charge in [-0.05, 0) is 48.3 Å². The van der Waals surface area contributed by atoms with Crippen molar-refractivity contribution >= 4 is 24.4 Å². The van der Waals surface area contributed by atoms with Crippen molar-refractivity contribution in [2.45, 2.75) is 17.7 Å². The summed E-state index contributed by atoms with van der Waals surface area (Å²) in [5.74, 6) is 2.97. The first-order valence-corrected chi connectivity index (χ1v) is 7.85. The number of methoxy groups -OCH3 is 1. The van der Waals surface area contributed by atoms with Crippen LogP contribution in [-0.4, -0.2) is 31.8 Å². The van der Waals surface area contributed by atoms with Gasteiger partial charge in [0.05, 0.1) is 7.11 Å². The minimum absolute atomic E-state index is 0.339. The van der Waals surface area contributed by atoms with Gasteiger partial charge in [0, 0.05) is 23.9 Å². The molecule has 2 rings (SSSR count). The van der Waals surface area contributed by atoms with Crippen LogP contribution in [0.4, 0.5) is 0 Å². The number of hydrogen-bond donors (Lipinski definition) is 1. The van der Waals surface area contributed by atoms with Crippen molar-refractivity contribution in [3.05, 3.63) is 24.3 Å². The molecule has 1 aromatic carbocycles. The van der Waals surface area contributed by atoms with E-state index in [-0.39, 0.29) is 0 Å². The van der Waals surface area contributed by atoms with E-state index in [9.17, 15) is 0 Å². The summed E-state index contributed by atoms with van der Waals surface area (Å²) in [5, 5.41) is 0. The topological polar surface area (TPSA) is 18.5 Å². The molecule has 2 nitrogen and oxygen atoms in total. The fraction of sp³-hybridized carbons (Fsp3) is 0.571. The van der Waals surface area contributed by atoms with Crippen LogP contribution in [0.1, 0.15) is 12.8 Å². The predicted molar refractivity (Wildman–Crippen MR) is 80.1 cm³/mol. The summed E-state index contributed by atoms with van der Waals surface area (Å²) in [6, 6.07) is 8.27. The van der Waals surface area contributed by atoms with Crippen LogP contribution < -0.4 is 4.74 Å². The molecular weight excluding hydrogens is 264 g/mol. The number of benzene rings is 1. The van der Waals surface area contributed by atoms with Gasteiger partial charge < -0.3 is 9.47 Å². The Kier molecular flexibility index (Phi) is 5.27. The third-order valence-electron chi connectivity index (χ3n) is 3.49. The Morgan fingerprint density at radius 1 is 1.28 bits per heavy atom. The van der Waals surface area contributed by atoms with Gasteiger partial charge in [-0.25, -0.2) is 0 Å². The molecule has 0 N–H and O–H groups in total. The first kappa shape index (κ1) is 14.1. The summed E-state index contributed by atoms with van der Waals surface area (Å²) in [7, 11) is 1.69. The molecule has 1 fully saturated rings. The van der Waals surface area contributed by atoms with E-state index in [4.69, 9.17) is 9.47 Å². The summed E-state index contributed by atoms with van der Waals surface area (Å²) < 4.78 is 10.6. The molecule has 0 radical (unpaired) electrons. The van der Waals surface area contributed by atoms with E-state index >= 15 is 0 Å². The highest BCUT2D eigenvalue weighted by Crippen LogP contribution is 2.37. The Morgan fingerprint density at radius 3 is 2.50 bits per heavy atom. The Bertz CT molecular complexity index is 359. The van der Waals surface area contributed by atoms with Crippen LogP contribution in [0.2, 0.25) is 0 Å². The van der Waals surface area contributed by atoms with E-state index in [0.717, 1.165) is 43.3 Å². The van der Waals surface area contributed by atoms with Gasteiger partial charge in [0.2, 0.25) is 0 Å². The largest absolute Gasteiger partial charge is 0.497 e. The molecule has 0 bridgehead atoms. The number of thiol groups is 1. The second-order valence-electron chi connectivity index (χ2n) is 4.73. The van der Waals surface area contributed by atoms with Crippen molar-refractivity contribution < 1.29 is 9.47 Å². The summed E-state index contributed by atoms with van der Waals surface area (Å²) >= 11 is 6.45. The lowest BCUT2D eigenvalue weighted by Crippen LogP contribution is -2.33. The molecule has 0 spiro atoms. The number of hydrogen-bond acceptors (Lipinski definition) is 4. The fourth-order valence-electron chi connectivity index (χ4n) is 2.06. The van der Waals surface area contributed by atoms with Crippen LogP contribution in [0.15, 0.2) is 29.2 Å². The molecule has 0 atom stereocenters. The van der Waals surface area contributed by atoms with E-state index in [0.29, 0.717) is 5.41 Å². The molecule has 18 heavy (non-hydrogen) atoms. The van der Waals surface area contributed by atoms with Crippen LogP contribution >= 0.6 is 24.4 Å². The number of thioether (sulfide) groups is 1. The normalized spacial score (nSPS) is 18.6. The lowest BCUT2D eigenvalue weighted by Gasteiger charge is -2.35. The average molecular weight is 284 g/mol. The smallest absolute Gasteiger partial charge is 0.118 e. The molecule has 1 aromatic rings. The first-order chi connectivity index (χ1) is 8.78. The Labute approximate surface area is 119 Å². The highest BCUT2D eigenvalue weighted by atomic mass is 32.2. The summed E-state index contributed by atoms with van der Waals surface area (Å²) in [4.78, 5) is 1.29. The summed E-state index contributed by atoms with van der Waals surface area (Å²) in [5.41, 5.74) is 0.339. The van der Waals surface area contributed by atoms with Crippen LogP contribution in [0.5, 0.6) is 5.75 Å². The maximum atomic E-state index is 5.45. The Hall–Kier alpha value is -0.320. The Balaban J connectivity index is 1.92. The van der Waals surface area contributed by atoms with Gasteiger partial charge in [-0.2, -0.15) is 12.6 Å². The molecule has 4 heteroatoms. The standard InChI is InChI=1S/C14H20O2S2/c1-15-12-2-4-13(5-3-12)18-11-14(10-17)6-8-16-9-7-14/h2-5,17H,6-11H2,1H3. The molecule has 1 aliphatic rings. The van der Waals surface area contributed by atoms with Crippen molar-refractivity contribution in [1.82, 2.24) is 0 Å². The zero-order chi connectivity index (χ0) is 12.8. The molecule has 0 saturated carbocycles. The van der Waals surface area contributed by atoms with Gasteiger partial charge >= 0.3 is 0 Å². The second kappa shape index (κ2) is 6.73. The van der Waals surface area contributed by atoms with E-state index in [1.807, 2.05) is 23.9 Å². The molecule has 100 valence electrons. The molecule has 1 aliphatic heterocycles. The average Bonchev–Trinajstić information content (AvgIpc) is 2.47. The third kappa shape index (κ3) is 3.59. The zero-order valence-corrected chi connectivity index (χ0v) is 12.4. The van der Waals surface area contributed by atoms with Crippen molar-refractivity contribution in [1.29, 1.82) is 0 Å². The highest BCUT2D eigenvalue weighted by molar-refractivity contribution is 7.99. The van der Waals surface area contributed by atoms with Crippen molar-refractivity contribution in [3.8, 4) is 5.75 Å². The quantitative estimate of drug-likeness (QED) is 0.659. The van der Waals surface area contributed by atoms with Crippen molar-refractivity contribution in [2.24, 2.45) is 5.41 Å². The maximum Gasteiger partial charge on any atom is 0.118 e. The second-order valence-corrected chi connectivity index (χ2v) is 6.10. The van der Waals surface area contributed by atoms with E-state index < -0.39 is 0 Å². The highest BCUT2D eigenvalue weighted by Gasteiger charge is 2.31. The molecular formula is C14H20O2S2. The third-order valence-corrected chi connectivity index (χ3v) is 5.53. The zero-order valence-electron chi connectivity index (χ0n) is 10.7.